The SMILES string of the molecule is NCC1(C(=O)N2CCC(N3CCNC3=O)CC2)CCC1. The summed E-state index contributed by atoms with van der Waals surface area (Å²) < 4.78 is 0. The van der Waals surface area contributed by atoms with E-state index < -0.39 is 0 Å². The number of urea groups is 1. The summed E-state index contributed by atoms with van der Waals surface area (Å²) in [6, 6.07) is 0.337. The van der Waals surface area contributed by atoms with Gasteiger partial charge in [0, 0.05) is 38.8 Å². The van der Waals surface area contributed by atoms with E-state index in [0.29, 0.717) is 6.54 Å². The van der Waals surface area contributed by atoms with Crippen LogP contribution < -0.4 is 11.1 Å². The smallest absolute Gasteiger partial charge is 0.317 e. The molecule has 3 rings (SSSR count). The summed E-state index contributed by atoms with van der Waals surface area (Å²) >= 11 is 0. The van der Waals surface area contributed by atoms with Gasteiger partial charge < -0.3 is 20.9 Å². The van der Waals surface area contributed by atoms with Crippen LogP contribution in [0.15, 0.2) is 0 Å². The Morgan fingerprint density at radius 3 is 2.45 bits per heavy atom. The summed E-state index contributed by atoms with van der Waals surface area (Å²) in [4.78, 5) is 28.1. The molecular weight excluding hydrogens is 256 g/mol. The number of hydrogen-bond acceptors (Lipinski definition) is 3. The molecule has 0 spiro atoms. The van der Waals surface area contributed by atoms with Gasteiger partial charge in [0.2, 0.25) is 5.91 Å². The Hall–Kier alpha value is -1.30. The first-order valence-electron chi connectivity index (χ1n) is 7.70. The second kappa shape index (κ2) is 5.24. The van der Waals surface area contributed by atoms with Crippen molar-refractivity contribution in [2.75, 3.05) is 32.7 Å². The van der Waals surface area contributed by atoms with Crippen LogP contribution in [0.2, 0.25) is 0 Å². The number of nitrogens with two attached hydrogens (primary N) is 1. The molecule has 1 saturated carbocycles. The first kappa shape index (κ1) is 13.7. The van der Waals surface area contributed by atoms with E-state index in [1.54, 1.807) is 0 Å². The monoisotopic (exact) mass is 280 g/mol. The van der Waals surface area contributed by atoms with Crippen molar-refractivity contribution in [3.8, 4) is 0 Å². The zero-order valence-corrected chi connectivity index (χ0v) is 11.9. The third-order valence-electron chi connectivity index (χ3n) is 5.24. The van der Waals surface area contributed by atoms with Gasteiger partial charge >= 0.3 is 6.03 Å². The molecule has 3 aliphatic rings. The van der Waals surface area contributed by atoms with Crippen LogP contribution in [0.3, 0.4) is 0 Å². The van der Waals surface area contributed by atoms with E-state index in [1.807, 2.05) is 9.80 Å². The highest BCUT2D eigenvalue weighted by molar-refractivity contribution is 5.84. The minimum Gasteiger partial charge on any atom is -0.342 e. The Morgan fingerprint density at radius 1 is 1.30 bits per heavy atom. The number of rotatable bonds is 3. The third kappa shape index (κ3) is 2.16. The van der Waals surface area contributed by atoms with Crippen molar-refractivity contribution >= 4 is 11.9 Å². The topological polar surface area (TPSA) is 78.7 Å². The summed E-state index contributed by atoms with van der Waals surface area (Å²) in [5, 5.41) is 2.84. The maximum atomic E-state index is 12.6. The highest BCUT2D eigenvalue weighted by Gasteiger charge is 2.46. The average Bonchev–Trinajstić information content (AvgIpc) is 2.84. The number of nitrogens with zero attached hydrogens (tertiary/aromatic N) is 2. The minimum absolute atomic E-state index is 0.0483. The molecule has 2 saturated heterocycles. The molecule has 3 amide bonds. The van der Waals surface area contributed by atoms with E-state index in [0.717, 1.165) is 58.3 Å². The normalized spacial score (nSPS) is 26.4. The number of amides is 3. The predicted octanol–water partition coefficient (Wildman–Crippen LogP) is 0.132. The predicted molar refractivity (Wildman–Crippen MR) is 75.0 cm³/mol. The molecule has 0 atom stereocenters. The second-order valence-electron chi connectivity index (χ2n) is 6.29. The molecule has 2 aliphatic heterocycles. The first-order chi connectivity index (χ1) is 9.66. The highest BCUT2D eigenvalue weighted by Crippen LogP contribution is 2.42. The summed E-state index contributed by atoms with van der Waals surface area (Å²) in [6.45, 7) is 3.53. The van der Waals surface area contributed by atoms with Crippen LogP contribution in [-0.4, -0.2) is 60.5 Å². The highest BCUT2D eigenvalue weighted by atomic mass is 16.2. The van der Waals surface area contributed by atoms with Crippen LogP contribution in [0.5, 0.6) is 0 Å². The molecule has 0 bridgehead atoms. The number of likely N-dealkylation sites (tertiary alicyclic amines) is 1. The van der Waals surface area contributed by atoms with Crippen molar-refractivity contribution in [1.29, 1.82) is 0 Å². The zero-order chi connectivity index (χ0) is 14.2. The van der Waals surface area contributed by atoms with E-state index in [4.69, 9.17) is 5.73 Å². The molecule has 0 aromatic rings. The van der Waals surface area contributed by atoms with Crippen molar-refractivity contribution in [2.45, 2.75) is 38.1 Å². The van der Waals surface area contributed by atoms with Crippen molar-refractivity contribution in [3.05, 3.63) is 0 Å². The Kier molecular flexibility index (Phi) is 3.58. The molecule has 0 radical (unpaired) electrons. The molecule has 3 fully saturated rings. The van der Waals surface area contributed by atoms with Crippen LogP contribution in [0.4, 0.5) is 4.79 Å². The molecule has 0 aromatic carbocycles. The molecule has 0 unspecified atom stereocenters. The van der Waals surface area contributed by atoms with Crippen LogP contribution in [-0.2, 0) is 4.79 Å². The van der Waals surface area contributed by atoms with Gasteiger partial charge in [0.05, 0.1) is 5.41 Å². The average molecular weight is 280 g/mol. The van der Waals surface area contributed by atoms with E-state index in [1.165, 1.54) is 0 Å². The Morgan fingerprint density at radius 2 is 2.00 bits per heavy atom. The largest absolute Gasteiger partial charge is 0.342 e. The van der Waals surface area contributed by atoms with Gasteiger partial charge in [0.25, 0.3) is 0 Å². The van der Waals surface area contributed by atoms with Gasteiger partial charge in [0.15, 0.2) is 0 Å². The molecule has 2 heterocycles. The van der Waals surface area contributed by atoms with Gasteiger partial charge in [-0.05, 0) is 25.7 Å². The lowest BCUT2D eigenvalue weighted by Gasteiger charge is -2.45. The maximum absolute atomic E-state index is 12.6. The quantitative estimate of drug-likeness (QED) is 0.771. The maximum Gasteiger partial charge on any atom is 0.317 e. The number of carbonyl (C=O) groups is 2. The lowest BCUT2D eigenvalue weighted by atomic mass is 9.67. The lowest BCUT2D eigenvalue weighted by molar-refractivity contribution is -0.148. The second-order valence-corrected chi connectivity index (χ2v) is 6.29. The summed E-state index contributed by atoms with van der Waals surface area (Å²) in [7, 11) is 0. The van der Waals surface area contributed by atoms with Crippen molar-refractivity contribution in [2.24, 2.45) is 11.1 Å². The van der Waals surface area contributed by atoms with Gasteiger partial charge in [-0.1, -0.05) is 6.42 Å². The number of hydrogen-bond donors (Lipinski definition) is 2. The molecule has 6 heteroatoms. The number of piperidine rings is 1. The first-order valence-corrected chi connectivity index (χ1v) is 7.70. The molecule has 112 valence electrons. The van der Waals surface area contributed by atoms with E-state index >= 15 is 0 Å². The standard InChI is InChI=1S/C14H24N4O2/c15-10-14(4-1-5-14)12(19)17-7-2-11(3-8-17)18-9-6-16-13(18)20/h11H,1-10,15H2,(H,16,20). The van der Waals surface area contributed by atoms with Crippen molar-refractivity contribution in [3.63, 3.8) is 0 Å². The van der Waals surface area contributed by atoms with Crippen LogP contribution in [0.1, 0.15) is 32.1 Å². The van der Waals surface area contributed by atoms with Crippen LogP contribution in [0, 0.1) is 5.41 Å². The molecule has 0 aromatic heterocycles. The molecule has 20 heavy (non-hydrogen) atoms. The summed E-state index contributed by atoms with van der Waals surface area (Å²) in [5.41, 5.74) is 5.55. The fourth-order valence-corrected chi connectivity index (χ4v) is 3.66. The van der Waals surface area contributed by atoms with Gasteiger partial charge in [0.1, 0.15) is 0 Å². The van der Waals surface area contributed by atoms with Gasteiger partial charge in [-0.3, -0.25) is 4.79 Å². The van der Waals surface area contributed by atoms with Crippen LogP contribution >= 0.6 is 0 Å². The zero-order valence-electron chi connectivity index (χ0n) is 11.9. The van der Waals surface area contributed by atoms with E-state index in [9.17, 15) is 9.59 Å². The van der Waals surface area contributed by atoms with E-state index in [-0.39, 0.29) is 23.4 Å². The fraction of sp³-hybridized carbons (Fsp3) is 0.857. The molecule has 3 N–H and O–H groups in total. The Labute approximate surface area is 119 Å². The Balaban J connectivity index is 1.56. The minimum atomic E-state index is -0.266. The lowest BCUT2D eigenvalue weighted by Crippen LogP contribution is -2.55. The van der Waals surface area contributed by atoms with Gasteiger partial charge in [-0.15, -0.1) is 0 Å². The molecule has 6 nitrogen and oxygen atoms in total. The number of carbonyl (C=O) groups excluding carboxylic acids is 2. The van der Waals surface area contributed by atoms with Crippen LogP contribution in [0.25, 0.3) is 0 Å². The molecule has 1 aliphatic carbocycles. The van der Waals surface area contributed by atoms with Crippen molar-refractivity contribution < 1.29 is 9.59 Å². The fourth-order valence-electron chi connectivity index (χ4n) is 3.66. The number of nitrogens with one attached hydrogen (secondary N) is 1. The van der Waals surface area contributed by atoms with Crippen molar-refractivity contribution in [1.82, 2.24) is 15.1 Å². The third-order valence-corrected chi connectivity index (χ3v) is 5.24. The van der Waals surface area contributed by atoms with Gasteiger partial charge in [-0.2, -0.15) is 0 Å². The molecular formula is C14H24N4O2. The summed E-state index contributed by atoms with van der Waals surface area (Å²) in [6.07, 6.45) is 4.78. The van der Waals surface area contributed by atoms with E-state index in [2.05, 4.69) is 5.32 Å². The van der Waals surface area contributed by atoms with Gasteiger partial charge in [-0.25, -0.2) is 4.79 Å². The Bertz CT molecular complexity index is 394. The summed E-state index contributed by atoms with van der Waals surface area (Å²) in [5.74, 6) is 0.246.